The first-order valence-corrected chi connectivity index (χ1v) is 7.63. The summed E-state index contributed by atoms with van der Waals surface area (Å²) in [5.41, 5.74) is 3.45. The smallest absolute Gasteiger partial charge is 0.119 e. The van der Waals surface area contributed by atoms with Gasteiger partial charge in [0, 0.05) is 24.2 Å². The van der Waals surface area contributed by atoms with Crippen molar-refractivity contribution in [3.63, 3.8) is 0 Å². The SMILES string of the molecule is COc1cccc(/C=C/CN=Cc2cc3ccccc3n2C)c1.Cl. The van der Waals surface area contributed by atoms with Crippen LogP contribution >= 0.6 is 12.4 Å². The van der Waals surface area contributed by atoms with E-state index in [1.54, 1.807) is 7.11 Å². The number of ether oxygens (including phenoxy) is 1. The number of methoxy groups -OCH3 is 1. The van der Waals surface area contributed by atoms with Crippen LogP contribution in [-0.2, 0) is 7.05 Å². The molecule has 0 N–H and O–H groups in total. The molecule has 0 fully saturated rings. The van der Waals surface area contributed by atoms with Gasteiger partial charge in [-0.25, -0.2) is 0 Å². The molecule has 0 bridgehead atoms. The highest BCUT2D eigenvalue weighted by atomic mass is 35.5. The Morgan fingerprint density at radius 2 is 1.92 bits per heavy atom. The van der Waals surface area contributed by atoms with Crippen molar-refractivity contribution >= 4 is 35.6 Å². The minimum absolute atomic E-state index is 0. The second-order valence-electron chi connectivity index (χ2n) is 5.36. The highest BCUT2D eigenvalue weighted by Gasteiger charge is 2.01. The number of aromatic nitrogens is 1. The van der Waals surface area contributed by atoms with Gasteiger partial charge in [0.05, 0.1) is 19.3 Å². The van der Waals surface area contributed by atoms with Crippen molar-refractivity contribution in [3.8, 4) is 5.75 Å². The van der Waals surface area contributed by atoms with E-state index in [0.29, 0.717) is 6.54 Å². The van der Waals surface area contributed by atoms with Gasteiger partial charge in [-0.2, -0.15) is 0 Å². The third-order valence-electron chi connectivity index (χ3n) is 3.83. The zero-order valence-electron chi connectivity index (χ0n) is 13.8. The molecule has 0 saturated carbocycles. The molecule has 2 aromatic carbocycles. The summed E-state index contributed by atoms with van der Waals surface area (Å²) in [6, 6.07) is 18.5. The van der Waals surface area contributed by atoms with Crippen LogP contribution in [0.5, 0.6) is 5.75 Å². The average molecular weight is 341 g/mol. The minimum Gasteiger partial charge on any atom is -0.497 e. The van der Waals surface area contributed by atoms with E-state index in [1.807, 2.05) is 36.6 Å². The predicted molar refractivity (Wildman–Crippen MR) is 105 cm³/mol. The average Bonchev–Trinajstić information content (AvgIpc) is 2.91. The van der Waals surface area contributed by atoms with Crippen molar-refractivity contribution in [2.24, 2.45) is 12.0 Å². The Kier molecular flexibility index (Phi) is 6.21. The molecular formula is C20H21ClN2O. The third-order valence-corrected chi connectivity index (χ3v) is 3.83. The molecule has 0 aliphatic carbocycles. The van der Waals surface area contributed by atoms with Crippen LogP contribution in [0.2, 0.25) is 0 Å². The molecule has 3 nitrogen and oxygen atoms in total. The molecule has 24 heavy (non-hydrogen) atoms. The number of rotatable bonds is 5. The largest absolute Gasteiger partial charge is 0.497 e. The highest BCUT2D eigenvalue weighted by molar-refractivity contribution is 5.90. The van der Waals surface area contributed by atoms with Crippen LogP contribution in [0.3, 0.4) is 0 Å². The molecule has 1 aromatic heterocycles. The third kappa shape index (κ3) is 4.06. The summed E-state index contributed by atoms with van der Waals surface area (Å²) in [5.74, 6) is 0.867. The molecule has 0 aliphatic rings. The number of hydrogen-bond acceptors (Lipinski definition) is 2. The van der Waals surface area contributed by atoms with Crippen molar-refractivity contribution < 1.29 is 4.74 Å². The number of fused-ring (bicyclic) bond motifs is 1. The number of hydrogen-bond donors (Lipinski definition) is 0. The molecule has 0 saturated heterocycles. The molecule has 124 valence electrons. The van der Waals surface area contributed by atoms with Gasteiger partial charge in [0.2, 0.25) is 0 Å². The minimum atomic E-state index is 0. The number of aliphatic imine (C=N–C) groups is 1. The quantitative estimate of drug-likeness (QED) is 0.616. The van der Waals surface area contributed by atoms with Crippen LogP contribution in [-0.4, -0.2) is 24.4 Å². The fraction of sp³-hybridized carbons (Fsp3) is 0.150. The molecular weight excluding hydrogens is 320 g/mol. The molecule has 3 rings (SSSR count). The Hall–Kier alpha value is -2.52. The van der Waals surface area contributed by atoms with Crippen molar-refractivity contribution in [2.45, 2.75) is 0 Å². The molecule has 0 unspecified atom stereocenters. The van der Waals surface area contributed by atoms with Gasteiger partial charge < -0.3 is 9.30 Å². The molecule has 4 heteroatoms. The van der Waals surface area contributed by atoms with E-state index in [4.69, 9.17) is 4.74 Å². The normalized spacial score (nSPS) is 11.2. The second-order valence-corrected chi connectivity index (χ2v) is 5.36. The summed E-state index contributed by atoms with van der Waals surface area (Å²) in [6.45, 7) is 0.652. The lowest BCUT2D eigenvalue weighted by molar-refractivity contribution is 0.414. The summed E-state index contributed by atoms with van der Waals surface area (Å²) in [6.07, 6.45) is 6.03. The number of aryl methyl sites for hydroxylation is 1. The van der Waals surface area contributed by atoms with Gasteiger partial charge in [-0.15, -0.1) is 12.4 Å². The Morgan fingerprint density at radius 1 is 1.08 bits per heavy atom. The number of halogens is 1. The topological polar surface area (TPSA) is 26.5 Å². The van der Waals surface area contributed by atoms with Gasteiger partial charge in [0.15, 0.2) is 0 Å². The monoisotopic (exact) mass is 340 g/mol. The molecule has 0 radical (unpaired) electrons. The Morgan fingerprint density at radius 3 is 2.71 bits per heavy atom. The summed E-state index contributed by atoms with van der Waals surface area (Å²) < 4.78 is 7.37. The standard InChI is InChI=1S/C20H20N2O.ClH/c1-22-18(14-17-9-3-4-11-20(17)22)15-21-12-6-8-16-7-5-10-19(13-16)23-2;/h3-11,13-15H,12H2,1-2H3;1H/b8-6+,21-15?;. The van der Waals surface area contributed by atoms with E-state index < -0.39 is 0 Å². The van der Waals surface area contributed by atoms with E-state index in [9.17, 15) is 0 Å². The van der Waals surface area contributed by atoms with Crippen LogP contribution in [0.25, 0.3) is 17.0 Å². The number of benzene rings is 2. The van der Waals surface area contributed by atoms with Gasteiger partial charge in [0.25, 0.3) is 0 Å². The van der Waals surface area contributed by atoms with E-state index >= 15 is 0 Å². The Bertz CT molecular complexity index is 865. The van der Waals surface area contributed by atoms with Crippen LogP contribution in [0, 0.1) is 0 Å². The van der Waals surface area contributed by atoms with Gasteiger partial charge in [-0.3, -0.25) is 4.99 Å². The van der Waals surface area contributed by atoms with E-state index in [-0.39, 0.29) is 12.4 Å². The van der Waals surface area contributed by atoms with Crippen molar-refractivity contribution in [1.29, 1.82) is 0 Å². The summed E-state index contributed by atoms with van der Waals surface area (Å²) in [4.78, 5) is 4.49. The maximum absolute atomic E-state index is 5.22. The molecule has 0 aliphatic heterocycles. The lowest BCUT2D eigenvalue weighted by Crippen LogP contribution is -1.94. The van der Waals surface area contributed by atoms with Crippen LogP contribution < -0.4 is 4.74 Å². The van der Waals surface area contributed by atoms with E-state index in [2.05, 4.69) is 53.0 Å². The van der Waals surface area contributed by atoms with Gasteiger partial charge in [0.1, 0.15) is 5.75 Å². The first-order valence-electron chi connectivity index (χ1n) is 7.63. The van der Waals surface area contributed by atoms with Crippen molar-refractivity contribution in [3.05, 3.63) is 71.9 Å². The van der Waals surface area contributed by atoms with Gasteiger partial charge in [-0.1, -0.05) is 42.5 Å². The van der Waals surface area contributed by atoms with E-state index in [0.717, 1.165) is 17.0 Å². The molecule has 3 aromatic rings. The summed E-state index contributed by atoms with van der Waals surface area (Å²) >= 11 is 0. The fourth-order valence-corrected chi connectivity index (χ4v) is 2.58. The predicted octanol–water partition coefficient (Wildman–Crippen LogP) is 4.74. The lowest BCUT2D eigenvalue weighted by Gasteiger charge is -1.99. The summed E-state index contributed by atoms with van der Waals surface area (Å²) in [7, 11) is 3.74. The molecule has 1 heterocycles. The van der Waals surface area contributed by atoms with Crippen LogP contribution in [0.1, 0.15) is 11.3 Å². The van der Waals surface area contributed by atoms with E-state index in [1.165, 1.54) is 10.9 Å². The number of para-hydroxylation sites is 1. The Balaban J connectivity index is 0.00000208. The number of nitrogens with zero attached hydrogens (tertiary/aromatic N) is 2. The zero-order chi connectivity index (χ0) is 16.1. The second kappa shape index (κ2) is 8.37. The molecule has 0 spiro atoms. The van der Waals surface area contributed by atoms with Gasteiger partial charge >= 0.3 is 0 Å². The van der Waals surface area contributed by atoms with Crippen LogP contribution in [0.4, 0.5) is 0 Å². The molecule has 0 amide bonds. The van der Waals surface area contributed by atoms with Crippen molar-refractivity contribution in [2.75, 3.05) is 13.7 Å². The van der Waals surface area contributed by atoms with Gasteiger partial charge in [-0.05, 0) is 29.8 Å². The first kappa shape index (κ1) is 17.8. The lowest BCUT2D eigenvalue weighted by atomic mass is 10.2. The Labute approximate surface area is 148 Å². The van der Waals surface area contributed by atoms with Crippen molar-refractivity contribution in [1.82, 2.24) is 4.57 Å². The zero-order valence-corrected chi connectivity index (χ0v) is 14.7. The maximum Gasteiger partial charge on any atom is 0.119 e. The first-order chi connectivity index (χ1) is 11.3. The maximum atomic E-state index is 5.22. The summed E-state index contributed by atoms with van der Waals surface area (Å²) in [5, 5.41) is 1.24. The van der Waals surface area contributed by atoms with Crippen LogP contribution in [0.15, 0.2) is 65.7 Å². The fourth-order valence-electron chi connectivity index (χ4n) is 2.58. The highest BCUT2D eigenvalue weighted by Crippen LogP contribution is 2.17. The molecule has 0 atom stereocenters.